The molecule has 0 radical (unpaired) electrons. The van der Waals surface area contributed by atoms with Crippen LogP contribution in [0.1, 0.15) is 21.6 Å². The minimum atomic E-state index is -0.360. The van der Waals surface area contributed by atoms with Crippen molar-refractivity contribution >= 4 is 17.3 Å². The van der Waals surface area contributed by atoms with Crippen LogP contribution in [-0.2, 0) is 6.42 Å². The summed E-state index contributed by atoms with van der Waals surface area (Å²) in [5, 5.41) is 15.2. The molecule has 3 aromatic rings. The maximum Gasteiger partial charge on any atom is 0.274 e. The molecule has 0 spiro atoms. The number of amides is 1. The predicted octanol–water partition coefficient (Wildman–Crippen LogP) is 3.87. The fourth-order valence-electron chi connectivity index (χ4n) is 2.68. The van der Waals surface area contributed by atoms with Crippen molar-refractivity contribution in [2.75, 3.05) is 24.3 Å². The Bertz CT molecular complexity index is 994. The van der Waals surface area contributed by atoms with Crippen molar-refractivity contribution in [3.8, 4) is 11.8 Å². The number of pyridine rings is 1. The number of nitriles is 1. The van der Waals surface area contributed by atoms with Crippen molar-refractivity contribution in [1.29, 1.82) is 5.26 Å². The second kappa shape index (κ2) is 9.19. The second-order valence-corrected chi connectivity index (χ2v) is 6.07. The van der Waals surface area contributed by atoms with Crippen LogP contribution >= 0.6 is 0 Å². The van der Waals surface area contributed by atoms with Crippen LogP contribution in [-0.4, -0.2) is 24.5 Å². The average molecular weight is 372 g/mol. The highest BCUT2D eigenvalue weighted by atomic mass is 16.5. The number of carbonyl (C=O) groups excluding carboxylic acids is 1. The minimum absolute atomic E-state index is 0.280. The third-order valence-electron chi connectivity index (χ3n) is 4.19. The number of hydrogen-bond acceptors (Lipinski definition) is 5. The van der Waals surface area contributed by atoms with Crippen molar-refractivity contribution in [2.45, 2.75) is 6.42 Å². The van der Waals surface area contributed by atoms with E-state index in [9.17, 15) is 4.79 Å². The molecule has 0 saturated heterocycles. The van der Waals surface area contributed by atoms with Gasteiger partial charge in [0.15, 0.2) is 0 Å². The van der Waals surface area contributed by atoms with Gasteiger partial charge in [0.25, 0.3) is 5.91 Å². The van der Waals surface area contributed by atoms with Crippen LogP contribution in [0.15, 0.2) is 66.9 Å². The smallest absolute Gasteiger partial charge is 0.274 e. The van der Waals surface area contributed by atoms with Crippen LogP contribution in [0.25, 0.3) is 0 Å². The average Bonchev–Trinajstić information content (AvgIpc) is 2.75. The van der Waals surface area contributed by atoms with Gasteiger partial charge in [-0.1, -0.05) is 24.3 Å². The van der Waals surface area contributed by atoms with Crippen LogP contribution < -0.4 is 15.4 Å². The highest BCUT2D eigenvalue weighted by Crippen LogP contribution is 2.16. The first-order valence-electron chi connectivity index (χ1n) is 8.83. The number of rotatable bonds is 7. The molecule has 6 nitrogen and oxygen atoms in total. The molecular weight excluding hydrogens is 352 g/mol. The second-order valence-electron chi connectivity index (χ2n) is 6.07. The molecule has 0 atom stereocenters. The lowest BCUT2D eigenvalue weighted by atomic mass is 10.1. The van der Waals surface area contributed by atoms with Crippen molar-refractivity contribution in [3.63, 3.8) is 0 Å². The highest BCUT2D eigenvalue weighted by molar-refractivity contribution is 6.04. The van der Waals surface area contributed by atoms with Gasteiger partial charge in [-0.15, -0.1) is 0 Å². The lowest BCUT2D eigenvalue weighted by Gasteiger charge is -2.09. The van der Waals surface area contributed by atoms with Gasteiger partial charge in [-0.25, -0.2) is 0 Å². The Kier molecular flexibility index (Phi) is 6.21. The number of ether oxygens (including phenoxy) is 1. The number of aromatic nitrogens is 1. The fraction of sp³-hybridized carbons (Fsp3) is 0.136. The molecular formula is C22H20N4O2. The summed E-state index contributed by atoms with van der Waals surface area (Å²) in [6, 6.07) is 20.3. The van der Waals surface area contributed by atoms with Crippen LogP contribution in [0, 0.1) is 11.3 Å². The van der Waals surface area contributed by atoms with Gasteiger partial charge >= 0.3 is 0 Å². The van der Waals surface area contributed by atoms with Crippen LogP contribution in [0.3, 0.4) is 0 Å². The summed E-state index contributed by atoms with van der Waals surface area (Å²) in [6.07, 6.45) is 2.42. The fourth-order valence-corrected chi connectivity index (χ4v) is 2.68. The van der Waals surface area contributed by atoms with Crippen molar-refractivity contribution < 1.29 is 9.53 Å². The minimum Gasteiger partial charge on any atom is -0.497 e. The molecule has 2 aromatic carbocycles. The first kappa shape index (κ1) is 18.9. The zero-order valence-corrected chi connectivity index (χ0v) is 15.5. The van der Waals surface area contributed by atoms with Gasteiger partial charge in [0.2, 0.25) is 0 Å². The maximum absolute atomic E-state index is 12.5. The van der Waals surface area contributed by atoms with E-state index in [1.807, 2.05) is 30.3 Å². The van der Waals surface area contributed by atoms with Crippen molar-refractivity contribution in [2.24, 2.45) is 0 Å². The monoisotopic (exact) mass is 372 g/mol. The number of anilines is 2. The van der Waals surface area contributed by atoms with E-state index in [0.717, 1.165) is 17.9 Å². The summed E-state index contributed by atoms with van der Waals surface area (Å²) < 4.78 is 5.16. The van der Waals surface area contributed by atoms with Gasteiger partial charge in [0, 0.05) is 18.4 Å². The lowest BCUT2D eigenvalue weighted by molar-refractivity contribution is 0.102. The summed E-state index contributed by atoms with van der Waals surface area (Å²) in [4.78, 5) is 16.6. The first-order valence-corrected chi connectivity index (χ1v) is 8.83. The molecule has 3 rings (SSSR count). The number of carbonyl (C=O) groups is 1. The van der Waals surface area contributed by atoms with E-state index in [1.54, 1.807) is 43.6 Å². The number of nitrogens with one attached hydrogen (secondary N) is 2. The zero-order valence-electron chi connectivity index (χ0n) is 15.5. The van der Waals surface area contributed by atoms with Crippen LogP contribution in [0.2, 0.25) is 0 Å². The highest BCUT2D eigenvalue weighted by Gasteiger charge is 2.10. The van der Waals surface area contributed by atoms with Gasteiger partial charge in [-0.2, -0.15) is 5.26 Å². The maximum atomic E-state index is 12.5. The molecule has 0 aliphatic heterocycles. The van der Waals surface area contributed by atoms with Gasteiger partial charge in [0.05, 0.1) is 18.4 Å². The Hall–Kier alpha value is -3.85. The Morgan fingerprint density at radius 2 is 1.93 bits per heavy atom. The molecule has 140 valence electrons. The number of para-hydroxylation sites is 1. The van der Waals surface area contributed by atoms with E-state index in [-0.39, 0.29) is 11.6 Å². The molecule has 2 N–H and O–H groups in total. The molecule has 0 aliphatic rings. The van der Waals surface area contributed by atoms with Crippen LogP contribution in [0.4, 0.5) is 11.4 Å². The first-order chi connectivity index (χ1) is 13.7. The zero-order chi connectivity index (χ0) is 19.8. The Balaban J connectivity index is 1.60. The van der Waals surface area contributed by atoms with Gasteiger partial charge in [-0.05, 0) is 48.4 Å². The third-order valence-corrected chi connectivity index (χ3v) is 4.19. The normalized spacial score (nSPS) is 10.0. The molecule has 1 heterocycles. The molecule has 1 aromatic heterocycles. The van der Waals surface area contributed by atoms with Crippen molar-refractivity contribution in [3.05, 3.63) is 83.7 Å². The standard InChI is InChI=1S/C22H20N4O2/c1-28-19-8-6-16(7-9-19)10-12-24-18-11-13-25-21(14-18)22(27)26-20-5-3-2-4-17(20)15-23/h2-9,11,13-14H,10,12H2,1H3,(H,24,25)(H,26,27). The Labute approximate surface area is 163 Å². The summed E-state index contributed by atoms with van der Waals surface area (Å²) >= 11 is 0. The lowest BCUT2D eigenvalue weighted by Crippen LogP contribution is -2.15. The number of nitrogens with zero attached hydrogens (tertiary/aromatic N) is 2. The molecule has 0 bridgehead atoms. The molecule has 6 heteroatoms. The molecule has 0 unspecified atom stereocenters. The molecule has 1 amide bonds. The topological polar surface area (TPSA) is 87.0 Å². The SMILES string of the molecule is COc1ccc(CCNc2ccnc(C(=O)Nc3ccccc3C#N)c2)cc1. The predicted molar refractivity (Wildman–Crippen MR) is 109 cm³/mol. The molecule has 28 heavy (non-hydrogen) atoms. The van der Waals surface area contributed by atoms with Crippen LogP contribution in [0.5, 0.6) is 5.75 Å². The number of methoxy groups -OCH3 is 1. The van der Waals surface area contributed by atoms with Gasteiger partial charge in [-0.3, -0.25) is 9.78 Å². The molecule has 0 saturated carbocycles. The molecule has 0 aliphatic carbocycles. The Morgan fingerprint density at radius 1 is 1.14 bits per heavy atom. The van der Waals surface area contributed by atoms with Crippen molar-refractivity contribution in [1.82, 2.24) is 4.98 Å². The summed E-state index contributed by atoms with van der Waals surface area (Å²) in [6.45, 7) is 0.717. The quantitative estimate of drug-likeness (QED) is 0.657. The van der Waals surface area contributed by atoms with Gasteiger partial charge in [0.1, 0.15) is 17.5 Å². The largest absolute Gasteiger partial charge is 0.497 e. The van der Waals surface area contributed by atoms with E-state index in [2.05, 4.69) is 21.7 Å². The van der Waals surface area contributed by atoms with E-state index in [1.165, 1.54) is 5.56 Å². The van der Waals surface area contributed by atoms with E-state index in [0.29, 0.717) is 17.8 Å². The molecule has 0 fully saturated rings. The van der Waals surface area contributed by atoms with E-state index < -0.39 is 0 Å². The summed E-state index contributed by atoms with van der Waals surface area (Å²) in [7, 11) is 1.65. The number of benzene rings is 2. The third kappa shape index (κ3) is 4.86. The Morgan fingerprint density at radius 3 is 2.68 bits per heavy atom. The summed E-state index contributed by atoms with van der Waals surface area (Å²) in [5.74, 6) is 0.473. The van der Waals surface area contributed by atoms with E-state index >= 15 is 0 Å². The summed E-state index contributed by atoms with van der Waals surface area (Å²) in [5.41, 5.74) is 3.15. The van der Waals surface area contributed by atoms with Gasteiger partial charge < -0.3 is 15.4 Å². The van der Waals surface area contributed by atoms with E-state index in [4.69, 9.17) is 10.00 Å². The number of hydrogen-bond donors (Lipinski definition) is 2.